The lowest BCUT2D eigenvalue weighted by Crippen LogP contribution is -2.05. The molecule has 1 aromatic carbocycles. The second-order valence-electron chi connectivity index (χ2n) is 3.80. The number of benzene rings is 1. The van der Waals surface area contributed by atoms with Crippen LogP contribution in [0.1, 0.15) is 23.1 Å². The van der Waals surface area contributed by atoms with Gasteiger partial charge in [-0.15, -0.1) is 15.0 Å². The van der Waals surface area contributed by atoms with E-state index in [-0.39, 0.29) is 5.97 Å². The number of tetrazole rings is 1. The fraction of sp³-hybridized carbons (Fsp3) is 0.143. The van der Waals surface area contributed by atoms with E-state index >= 15 is 0 Å². The third-order valence-corrected chi connectivity index (χ3v) is 2.42. The van der Waals surface area contributed by atoms with Gasteiger partial charge in [0.25, 0.3) is 0 Å². The summed E-state index contributed by atoms with van der Waals surface area (Å²) in [5.41, 5.74) is 1.20. The average Bonchev–Trinajstić information content (AvgIpc) is 2.94. The quantitative estimate of drug-likeness (QED) is 0.614. The Morgan fingerprint density at radius 1 is 1.40 bits per heavy atom. The van der Waals surface area contributed by atoms with Crippen LogP contribution in [-0.4, -0.2) is 32.8 Å². The van der Waals surface area contributed by atoms with Crippen molar-refractivity contribution in [3.05, 3.63) is 54.4 Å². The molecule has 2 rings (SSSR count). The Labute approximate surface area is 116 Å². The van der Waals surface area contributed by atoms with Crippen LogP contribution in [0.3, 0.4) is 0 Å². The summed E-state index contributed by atoms with van der Waals surface area (Å²) in [5.74, 6) is 0.138. The SMILES string of the molecule is C=C/C=C/c1nnn(-c2ccc(C(=O)OCC)cc2)n1. The zero-order chi connectivity index (χ0) is 14.4. The summed E-state index contributed by atoms with van der Waals surface area (Å²) in [4.78, 5) is 12.9. The van der Waals surface area contributed by atoms with Crippen LogP contribution in [0.5, 0.6) is 0 Å². The number of aromatic nitrogens is 4. The minimum atomic E-state index is -0.347. The molecule has 0 aliphatic heterocycles. The highest BCUT2D eigenvalue weighted by Gasteiger charge is 2.07. The summed E-state index contributed by atoms with van der Waals surface area (Å²) in [5, 5.41) is 12.0. The van der Waals surface area contributed by atoms with Gasteiger partial charge in [0, 0.05) is 0 Å². The van der Waals surface area contributed by atoms with Crippen LogP contribution in [0.2, 0.25) is 0 Å². The second kappa shape index (κ2) is 6.42. The fourth-order valence-corrected chi connectivity index (χ4v) is 1.50. The molecule has 102 valence electrons. The van der Waals surface area contributed by atoms with Crippen molar-refractivity contribution in [3.8, 4) is 5.69 Å². The van der Waals surface area contributed by atoms with Gasteiger partial charge in [-0.2, -0.15) is 0 Å². The standard InChI is InChI=1S/C14H14N4O2/c1-3-5-6-13-15-17-18(16-13)12-9-7-11(8-10-12)14(19)20-4-2/h3,5-10H,1,4H2,2H3/b6-5+. The average molecular weight is 270 g/mol. The van der Waals surface area contributed by atoms with Crippen molar-refractivity contribution in [3.63, 3.8) is 0 Å². The number of nitrogens with zero attached hydrogens (tertiary/aromatic N) is 4. The molecule has 0 unspecified atom stereocenters. The molecule has 0 bridgehead atoms. The molecule has 0 amide bonds. The van der Waals surface area contributed by atoms with E-state index in [4.69, 9.17) is 4.74 Å². The Hall–Kier alpha value is -2.76. The molecule has 0 radical (unpaired) electrons. The Morgan fingerprint density at radius 3 is 2.80 bits per heavy atom. The van der Waals surface area contributed by atoms with Gasteiger partial charge < -0.3 is 4.74 Å². The van der Waals surface area contributed by atoms with Crippen LogP contribution in [0.4, 0.5) is 0 Å². The lowest BCUT2D eigenvalue weighted by Gasteiger charge is -2.02. The topological polar surface area (TPSA) is 69.9 Å². The minimum absolute atomic E-state index is 0.347. The van der Waals surface area contributed by atoms with Crippen LogP contribution in [0.25, 0.3) is 11.8 Å². The molecule has 1 aromatic heterocycles. The number of allylic oxidation sites excluding steroid dienone is 2. The lowest BCUT2D eigenvalue weighted by atomic mass is 10.2. The summed E-state index contributed by atoms with van der Waals surface area (Å²) < 4.78 is 4.91. The van der Waals surface area contributed by atoms with E-state index in [1.54, 1.807) is 49.4 Å². The molecule has 0 spiro atoms. The number of carbonyl (C=O) groups excluding carboxylic acids is 1. The number of hydrogen-bond donors (Lipinski definition) is 0. The van der Waals surface area contributed by atoms with Crippen molar-refractivity contribution < 1.29 is 9.53 Å². The highest BCUT2D eigenvalue weighted by Crippen LogP contribution is 2.09. The first-order valence-electron chi connectivity index (χ1n) is 6.11. The molecule has 0 saturated heterocycles. The number of esters is 1. The highest BCUT2D eigenvalue weighted by atomic mass is 16.5. The molecule has 6 nitrogen and oxygen atoms in total. The number of ether oxygens (including phenoxy) is 1. The molecule has 1 heterocycles. The Morgan fingerprint density at radius 2 is 2.15 bits per heavy atom. The number of carbonyl (C=O) groups is 1. The molecule has 0 atom stereocenters. The fourth-order valence-electron chi connectivity index (χ4n) is 1.50. The predicted molar refractivity (Wildman–Crippen MR) is 74.3 cm³/mol. The van der Waals surface area contributed by atoms with E-state index in [1.165, 1.54) is 4.80 Å². The summed E-state index contributed by atoms with van der Waals surface area (Å²) in [6, 6.07) is 6.79. The zero-order valence-electron chi connectivity index (χ0n) is 11.1. The summed E-state index contributed by atoms with van der Waals surface area (Å²) in [7, 11) is 0. The van der Waals surface area contributed by atoms with Gasteiger partial charge in [0.15, 0.2) is 5.82 Å². The minimum Gasteiger partial charge on any atom is -0.462 e. The molecule has 0 saturated carbocycles. The molecule has 2 aromatic rings. The van der Waals surface area contributed by atoms with E-state index in [9.17, 15) is 4.79 Å². The summed E-state index contributed by atoms with van der Waals surface area (Å²) in [6.07, 6.45) is 5.06. The van der Waals surface area contributed by atoms with Crippen molar-refractivity contribution in [2.45, 2.75) is 6.92 Å². The van der Waals surface area contributed by atoms with Crippen LogP contribution in [0.15, 0.2) is 43.0 Å². The van der Waals surface area contributed by atoms with E-state index in [0.29, 0.717) is 23.7 Å². The lowest BCUT2D eigenvalue weighted by molar-refractivity contribution is 0.0526. The molecule has 6 heteroatoms. The van der Waals surface area contributed by atoms with Gasteiger partial charge in [0.1, 0.15) is 0 Å². The molecule has 20 heavy (non-hydrogen) atoms. The molecular formula is C14H14N4O2. The zero-order valence-corrected chi connectivity index (χ0v) is 11.1. The molecule has 0 N–H and O–H groups in total. The summed E-state index contributed by atoms with van der Waals surface area (Å²) >= 11 is 0. The van der Waals surface area contributed by atoms with Gasteiger partial charge in [0.2, 0.25) is 0 Å². The normalized spacial score (nSPS) is 10.7. The van der Waals surface area contributed by atoms with Crippen molar-refractivity contribution >= 4 is 12.0 Å². The van der Waals surface area contributed by atoms with Gasteiger partial charge in [0.05, 0.1) is 17.9 Å². The smallest absolute Gasteiger partial charge is 0.338 e. The highest BCUT2D eigenvalue weighted by molar-refractivity contribution is 5.89. The Bertz CT molecular complexity index is 629. The third-order valence-electron chi connectivity index (χ3n) is 2.42. The first-order chi connectivity index (χ1) is 9.74. The van der Waals surface area contributed by atoms with Gasteiger partial charge in [-0.25, -0.2) is 4.79 Å². The van der Waals surface area contributed by atoms with Crippen molar-refractivity contribution in [2.75, 3.05) is 6.61 Å². The maximum Gasteiger partial charge on any atom is 0.338 e. The summed E-state index contributed by atoms with van der Waals surface area (Å²) in [6.45, 7) is 5.69. The van der Waals surface area contributed by atoms with Crippen LogP contribution in [0, 0.1) is 0 Å². The molecule has 0 aliphatic rings. The van der Waals surface area contributed by atoms with Crippen molar-refractivity contribution in [1.29, 1.82) is 0 Å². The van der Waals surface area contributed by atoms with Gasteiger partial charge in [-0.05, 0) is 42.5 Å². The monoisotopic (exact) mass is 270 g/mol. The maximum absolute atomic E-state index is 11.5. The van der Waals surface area contributed by atoms with Gasteiger partial charge in [-0.3, -0.25) is 0 Å². The van der Waals surface area contributed by atoms with Crippen LogP contribution >= 0.6 is 0 Å². The first kappa shape index (κ1) is 13.7. The van der Waals surface area contributed by atoms with Crippen LogP contribution in [-0.2, 0) is 4.74 Å². The maximum atomic E-state index is 11.5. The third kappa shape index (κ3) is 3.17. The van der Waals surface area contributed by atoms with Crippen molar-refractivity contribution in [1.82, 2.24) is 20.2 Å². The van der Waals surface area contributed by atoms with Gasteiger partial charge in [-0.1, -0.05) is 18.7 Å². The van der Waals surface area contributed by atoms with Crippen LogP contribution < -0.4 is 0 Å². The molecule has 0 fully saturated rings. The van der Waals surface area contributed by atoms with Crippen molar-refractivity contribution in [2.24, 2.45) is 0 Å². The first-order valence-corrected chi connectivity index (χ1v) is 6.11. The Balaban J connectivity index is 2.17. The van der Waals surface area contributed by atoms with E-state index in [0.717, 1.165) is 0 Å². The number of hydrogen-bond acceptors (Lipinski definition) is 5. The molecular weight excluding hydrogens is 256 g/mol. The molecule has 0 aliphatic carbocycles. The second-order valence-corrected chi connectivity index (χ2v) is 3.80. The van der Waals surface area contributed by atoms with Gasteiger partial charge >= 0.3 is 5.97 Å². The predicted octanol–water partition coefficient (Wildman–Crippen LogP) is 2.04. The largest absolute Gasteiger partial charge is 0.462 e. The van der Waals surface area contributed by atoms with E-state index in [1.807, 2.05) is 0 Å². The Kier molecular flexibility index (Phi) is 4.39. The van der Waals surface area contributed by atoms with E-state index < -0.39 is 0 Å². The van der Waals surface area contributed by atoms with E-state index in [2.05, 4.69) is 22.0 Å². The number of rotatable bonds is 5.